The molecule has 0 fully saturated rings. The van der Waals surface area contributed by atoms with Crippen LogP contribution in [0.5, 0.6) is 0 Å². The van der Waals surface area contributed by atoms with Crippen LogP contribution in [0.1, 0.15) is 16.1 Å². The summed E-state index contributed by atoms with van der Waals surface area (Å²) in [5.74, 6) is -0.650. The van der Waals surface area contributed by atoms with Gasteiger partial charge in [0.15, 0.2) is 5.96 Å². The number of fused-ring (bicyclic) bond motifs is 1. The average molecular weight is 321 g/mol. The maximum atomic E-state index is 12.6. The van der Waals surface area contributed by atoms with E-state index in [2.05, 4.69) is 15.3 Å². The number of aliphatic imine (C=N–C) groups is 1. The minimum absolute atomic E-state index is 0. The molecule has 1 aromatic heterocycles. The molecule has 0 unspecified atom stereocenters. The zero-order valence-electron chi connectivity index (χ0n) is 10.8. The Hall–Kier alpha value is -2.22. The molecule has 0 saturated heterocycles. The molecule has 0 atom stereocenters. The fourth-order valence-corrected chi connectivity index (χ4v) is 1.67. The number of rotatable bonds is 1. The summed E-state index contributed by atoms with van der Waals surface area (Å²) in [5.41, 5.74) is 4.88. The number of nitrogens with zero attached hydrogens (tertiary/aromatic N) is 1. The first-order valence-electron chi connectivity index (χ1n) is 5.55. The van der Waals surface area contributed by atoms with Crippen LogP contribution >= 0.6 is 12.4 Å². The van der Waals surface area contributed by atoms with Gasteiger partial charge in [0.25, 0.3) is 5.91 Å². The van der Waals surface area contributed by atoms with E-state index in [4.69, 9.17) is 5.73 Å². The van der Waals surface area contributed by atoms with E-state index >= 15 is 0 Å². The summed E-state index contributed by atoms with van der Waals surface area (Å²) in [5, 5.41) is 2.78. The van der Waals surface area contributed by atoms with Crippen LogP contribution in [-0.4, -0.2) is 23.9 Å². The largest absolute Gasteiger partial charge is 0.416 e. The van der Waals surface area contributed by atoms with Gasteiger partial charge in [-0.1, -0.05) is 6.07 Å². The van der Waals surface area contributed by atoms with E-state index < -0.39 is 17.6 Å². The van der Waals surface area contributed by atoms with Crippen molar-refractivity contribution in [1.29, 1.82) is 0 Å². The lowest BCUT2D eigenvalue weighted by Crippen LogP contribution is -2.36. The molecule has 1 amide bonds. The molecule has 4 N–H and O–H groups in total. The van der Waals surface area contributed by atoms with Crippen molar-refractivity contribution in [2.75, 3.05) is 7.05 Å². The van der Waals surface area contributed by atoms with Crippen molar-refractivity contribution in [3.63, 3.8) is 0 Å². The van der Waals surface area contributed by atoms with Crippen LogP contribution in [0.15, 0.2) is 29.3 Å². The van der Waals surface area contributed by atoms with Crippen molar-refractivity contribution in [2.45, 2.75) is 6.18 Å². The number of aromatic nitrogens is 1. The number of amides is 1. The van der Waals surface area contributed by atoms with Crippen molar-refractivity contribution in [1.82, 2.24) is 10.3 Å². The monoisotopic (exact) mass is 320 g/mol. The number of alkyl halides is 3. The Morgan fingerprint density at radius 2 is 2.00 bits per heavy atom. The zero-order valence-corrected chi connectivity index (χ0v) is 11.6. The SMILES string of the molecule is CN=C(N)NC(=O)c1cc2ccc(C(F)(F)F)cc2[nH]1.Cl. The fourth-order valence-electron chi connectivity index (χ4n) is 1.67. The fraction of sp³-hybridized carbons (Fsp3) is 0.167. The first-order chi connectivity index (χ1) is 9.31. The lowest BCUT2D eigenvalue weighted by atomic mass is 10.1. The van der Waals surface area contributed by atoms with E-state index in [0.717, 1.165) is 12.1 Å². The highest BCUT2D eigenvalue weighted by Gasteiger charge is 2.30. The van der Waals surface area contributed by atoms with Crippen molar-refractivity contribution < 1.29 is 18.0 Å². The van der Waals surface area contributed by atoms with Gasteiger partial charge >= 0.3 is 6.18 Å². The van der Waals surface area contributed by atoms with Crippen LogP contribution in [0.3, 0.4) is 0 Å². The number of benzene rings is 1. The molecule has 0 aliphatic carbocycles. The van der Waals surface area contributed by atoms with Crippen molar-refractivity contribution in [2.24, 2.45) is 10.7 Å². The van der Waals surface area contributed by atoms with Crippen LogP contribution in [0.2, 0.25) is 0 Å². The number of H-pyrrole nitrogens is 1. The topological polar surface area (TPSA) is 83.3 Å². The highest BCUT2D eigenvalue weighted by Crippen LogP contribution is 2.31. The van der Waals surface area contributed by atoms with E-state index in [1.54, 1.807) is 0 Å². The Kier molecular flexibility index (Phi) is 4.84. The molecule has 0 bridgehead atoms. The number of hydrogen-bond donors (Lipinski definition) is 3. The number of nitrogens with two attached hydrogens (primary N) is 1. The van der Waals surface area contributed by atoms with Crippen LogP contribution in [0, 0.1) is 0 Å². The van der Waals surface area contributed by atoms with Gasteiger partial charge in [0.1, 0.15) is 5.69 Å². The van der Waals surface area contributed by atoms with Gasteiger partial charge in [0, 0.05) is 18.0 Å². The van der Waals surface area contributed by atoms with Gasteiger partial charge in [0.2, 0.25) is 0 Å². The molecular formula is C12H12ClF3N4O. The summed E-state index contributed by atoms with van der Waals surface area (Å²) in [4.78, 5) is 17.9. The van der Waals surface area contributed by atoms with E-state index in [9.17, 15) is 18.0 Å². The molecule has 0 spiro atoms. The van der Waals surface area contributed by atoms with Gasteiger partial charge in [-0.15, -0.1) is 12.4 Å². The van der Waals surface area contributed by atoms with E-state index in [1.807, 2.05) is 0 Å². The molecule has 114 valence electrons. The molecule has 21 heavy (non-hydrogen) atoms. The lowest BCUT2D eigenvalue weighted by molar-refractivity contribution is -0.137. The maximum Gasteiger partial charge on any atom is 0.416 e. The lowest BCUT2D eigenvalue weighted by Gasteiger charge is -2.05. The van der Waals surface area contributed by atoms with Crippen molar-refractivity contribution in [3.05, 3.63) is 35.5 Å². The van der Waals surface area contributed by atoms with Gasteiger partial charge in [-0.05, 0) is 18.2 Å². The number of halogens is 4. The molecule has 0 aliphatic heterocycles. The maximum absolute atomic E-state index is 12.6. The van der Waals surface area contributed by atoms with Crippen LogP contribution in [-0.2, 0) is 6.18 Å². The third kappa shape index (κ3) is 3.66. The number of nitrogens with one attached hydrogen (secondary N) is 2. The summed E-state index contributed by atoms with van der Waals surface area (Å²) < 4.78 is 37.7. The highest BCUT2D eigenvalue weighted by molar-refractivity contribution is 6.06. The normalized spacial score (nSPS) is 12.1. The Balaban J connectivity index is 0.00000220. The number of carbonyl (C=O) groups is 1. The molecule has 5 nitrogen and oxygen atoms in total. The molecule has 0 radical (unpaired) electrons. The smallest absolute Gasteiger partial charge is 0.370 e. The molecule has 2 aromatic rings. The average Bonchev–Trinajstić information content (AvgIpc) is 2.80. The van der Waals surface area contributed by atoms with Crippen LogP contribution in [0.4, 0.5) is 13.2 Å². The number of carbonyl (C=O) groups excluding carboxylic acids is 1. The minimum atomic E-state index is -4.43. The Morgan fingerprint density at radius 3 is 2.57 bits per heavy atom. The van der Waals surface area contributed by atoms with Gasteiger partial charge in [0.05, 0.1) is 5.56 Å². The molecule has 0 saturated carbocycles. The molecule has 1 aromatic carbocycles. The first-order valence-corrected chi connectivity index (χ1v) is 5.55. The minimum Gasteiger partial charge on any atom is -0.370 e. The van der Waals surface area contributed by atoms with Gasteiger partial charge in [-0.25, -0.2) is 0 Å². The summed E-state index contributed by atoms with van der Waals surface area (Å²) in [6.07, 6.45) is -4.43. The summed E-state index contributed by atoms with van der Waals surface area (Å²) >= 11 is 0. The molecular weight excluding hydrogens is 309 g/mol. The van der Waals surface area contributed by atoms with E-state index in [0.29, 0.717) is 5.39 Å². The zero-order chi connectivity index (χ0) is 14.9. The molecule has 0 aliphatic rings. The Labute approximate surface area is 123 Å². The van der Waals surface area contributed by atoms with Crippen molar-refractivity contribution in [3.8, 4) is 0 Å². The second-order valence-corrected chi connectivity index (χ2v) is 4.05. The van der Waals surface area contributed by atoms with Gasteiger partial charge in [-0.2, -0.15) is 13.2 Å². The second kappa shape index (κ2) is 6.04. The standard InChI is InChI=1S/C12H11F3N4O.ClH/c1-17-11(16)19-10(20)9-4-6-2-3-7(12(13,14)15)5-8(6)18-9;/h2-5,18H,1H3,(H3,16,17,19,20);1H. The number of hydrogen-bond acceptors (Lipinski definition) is 2. The Bertz CT molecular complexity index is 693. The predicted octanol–water partition coefficient (Wildman–Crippen LogP) is 2.28. The Morgan fingerprint density at radius 1 is 1.33 bits per heavy atom. The first kappa shape index (κ1) is 16.8. The summed E-state index contributed by atoms with van der Waals surface area (Å²) in [6.45, 7) is 0. The summed E-state index contributed by atoms with van der Waals surface area (Å²) in [6, 6.07) is 4.64. The van der Waals surface area contributed by atoms with Crippen LogP contribution < -0.4 is 11.1 Å². The number of aromatic amines is 1. The van der Waals surface area contributed by atoms with Crippen molar-refractivity contribution >= 4 is 35.2 Å². The molecule has 9 heteroatoms. The van der Waals surface area contributed by atoms with Gasteiger partial charge < -0.3 is 10.7 Å². The third-order valence-electron chi connectivity index (χ3n) is 2.68. The second-order valence-electron chi connectivity index (χ2n) is 4.05. The summed E-state index contributed by atoms with van der Waals surface area (Å²) in [7, 11) is 1.40. The van der Waals surface area contributed by atoms with E-state index in [1.165, 1.54) is 19.2 Å². The third-order valence-corrected chi connectivity index (χ3v) is 2.68. The highest BCUT2D eigenvalue weighted by atomic mass is 35.5. The molecule has 2 rings (SSSR count). The van der Waals surface area contributed by atoms with Crippen LogP contribution in [0.25, 0.3) is 10.9 Å². The number of guanidine groups is 1. The van der Waals surface area contributed by atoms with Gasteiger partial charge in [-0.3, -0.25) is 15.1 Å². The predicted molar refractivity (Wildman–Crippen MR) is 75.6 cm³/mol. The van der Waals surface area contributed by atoms with E-state index in [-0.39, 0.29) is 29.6 Å². The molecule has 1 heterocycles. The quantitative estimate of drug-likeness (QED) is 0.556.